The Morgan fingerprint density at radius 1 is 0.941 bits per heavy atom. The molecule has 0 amide bonds. The first kappa shape index (κ1) is 23.8. The lowest BCUT2D eigenvalue weighted by Gasteiger charge is -2.14. The van der Waals surface area contributed by atoms with E-state index in [0.29, 0.717) is 29.9 Å². The molecule has 4 aromatic rings. The van der Waals surface area contributed by atoms with Gasteiger partial charge in [0.25, 0.3) is 5.56 Å². The fourth-order valence-corrected chi connectivity index (χ4v) is 4.24. The fourth-order valence-electron chi connectivity index (χ4n) is 3.99. The van der Waals surface area contributed by atoms with E-state index in [0.717, 1.165) is 53.3 Å². The van der Waals surface area contributed by atoms with Crippen LogP contribution < -0.4 is 15.0 Å². The van der Waals surface area contributed by atoms with Gasteiger partial charge in [0.2, 0.25) is 0 Å². The SMILES string of the molecule is CCc1cc(OCCCCCn2c(-c3ccc(OC)cc3)nc3ccccc3c2=O)ccc1Cl. The highest BCUT2D eigenvalue weighted by molar-refractivity contribution is 6.31. The highest BCUT2D eigenvalue weighted by Gasteiger charge is 2.13. The van der Waals surface area contributed by atoms with Crippen LogP contribution in [-0.4, -0.2) is 23.3 Å². The summed E-state index contributed by atoms with van der Waals surface area (Å²) < 4.78 is 13.0. The molecule has 0 aliphatic rings. The topological polar surface area (TPSA) is 53.4 Å². The van der Waals surface area contributed by atoms with Crippen molar-refractivity contribution < 1.29 is 9.47 Å². The minimum absolute atomic E-state index is 0.0130. The van der Waals surface area contributed by atoms with E-state index in [1.807, 2.05) is 66.7 Å². The first-order valence-electron chi connectivity index (χ1n) is 11.7. The third-order valence-electron chi connectivity index (χ3n) is 5.90. The van der Waals surface area contributed by atoms with E-state index in [-0.39, 0.29) is 5.56 Å². The van der Waals surface area contributed by atoms with Gasteiger partial charge in [-0.3, -0.25) is 9.36 Å². The molecule has 1 heterocycles. The zero-order chi connectivity index (χ0) is 23.9. The van der Waals surface area contributed by atoms with Crippen LogP contribution in [-0.2, 0) is 13.0 Å². The second kappa shape index (κ2) is 11.2. The number of rotatable bonds is 10. The van der Waals surface area contributed by atoms with Gasteiger partial charge in [-0.25, -0.2) is 4.98 Å². The smallest absolute Gasteiger partial charge is 0.261 e. The summed E-state index contributed by atoms with van der Waals surface area (Å²) in [5, 5.41) is 1.41. The Labute approximate surface area is 204 Å². The van der Waals surface area contributed by atoms with Crippen molar-refractivity contribution in [2.45, 2.75) is 39.2 Å². The summed E-state index contributed by atoms with van der Waals surface area (Å²) in [5.41, 5.74) is 2.67. The zero-order valence-electron chi connectivity index (χ0n) is 19.6. The van der Waals surface area contributed by atoms with Crippen molar-refractivity contribution in [3.05, 3.63) is 87.7 Å². The second-order valence-electron chi connectivity index (χ2n) is 8.15. The molecule has 3 aromatic carbocycles. The number of fused-ring (bicyclic) bond motifs is 1. The Bertz CT molecular complexity index is 1320. The number of benzene rings is 3. The molecule has 6 heteroatoms. The van der Waals surface area contributed by atoms with Crippen molar-refractivity contribution in [1.29, 1.82) is 0 Å². The number of hydrogen-bond acceptors (Lipinski definition) is 4. The lowest BCUT2D eigenvalue weighted by atomic mass is 10.1. The van der Waals surface area contributed by atoms with Crippen LogP contribution in [0.5, 0.6) is 11.5 Å². The van der Waals surface area contributed by atoms with E-state index in [9.17, 15) is 4.79 Å². The Balaban J connectivity index is 1.44. The number of hydrogen-bond donors (Lipinski definition) is 0. The lowest BCUT2D eigenvalue weighted by molar-refractivity contribution is 0.303. The Morgan fingerprint density at radius 2 is 1.71 bits per heavy atom. The average molecular weight is 477 g/mol. The summed E-state index contributed by atoms with van der Waals surface area (Å²) in [5.74, 6) is 2.29. The van der Waals surface area contributed by atoms with Gasteiger partial charge in [-0.2, -0.15) is 0 Å². The van der Waals surface area contributed by atoms with Crippen LogP contribution in [0.25, 0.3) is 22.3 Å². The molecule has 0 radical (unpaired) electrons. The predicted octanol–water partition coefficient (Wildman–Crippen LogP) is 6.54. The van der Waals surface area contributed by atoms with Crippen LogP contribution in [0.3, 0.4) is 0 Å². The Morgan fingerprint density at radius 3 is 2.47 bits per heavy atom. The molecule has 1 aromatic heterocycles. The summed E-state index contributed by atoms with van der Waals surface area (Å²) in [6.07, 6.45) is 3.57. The quantitative estimate of drug-likeness (QED) is 0.244. The minimum Gasteiger partial charge on any atom is -0.497 e. The fraction of sp³-hybridized carbons (Fsp3) is 0.286. The summed E-state index contributed by atoms with van der Waals surface area (Å²) in [6, 6.07) is 20.9. The molecule has 0 saturated carbocycles. The molecule has 0 aliphatic carbocycles. The maximum Gasteiger partial charge on any atom is 0.261 e. The third kappa shape index (κ3) is 5.42. The normalized spacial score (nSPS) is 11.0. The number of aromatic nitrogens is 2. The summed E-state index contributed by atoms with van der Waals surface area (Å²) >= 11 is 6.18. The summed E-state index contributed by atoms with van der Waals surface area (Å²) in [7, 11) is 1.64. The molecule has 0 spiro atoms. The van der Waals surface area contributed by atoms with Gasteiger partial charge < -0.3 is 9.47 Å². The maximum absolute atomic E-state index is 13.3. The number of para-hydroxylation sites is 1. The molecule has 0 fully saturated rings. The van der Waals surface area contributed by atoms with Crippen LogP contribution in [0.15, 0.2) is 71.5 Å². The van der Waals surface area contributed by atoms with E-state index < -0.39 is 0 Å². The van der Waals surface area contributed by atoms with Gasteiger partial charge in [0.05, 0.1) is 24.6 Å². The molecule has 176 valence electrons. The molecule has 0 unspecified atom stereocenters. The van der Waals surface area contributed by atoms with Crippen LogP contribution in [0.2, 0.25) is 5.02 Å². The first-order valence-corrected chi connectivity index (χ1v) is 12.0. The molecular formula is C28H29ClN2O3. The van der Waals surface area contributed by atoms with Gasteiger partial charge in [0.15, 0.2) is 0 Å². The number of halogens is 1. The number of unbranched alkanes of at least 4 members (excludes halogenated alkanes) is 2. The lowest BCUT2D eigenvalue weighted by Crippen LogP contribution is -2.23. The van der Waals surface area contributed by atoms with Crippen molar-refractivity contribution in [2.24, 2.45) is 0 Å². The second-order valence-corrected chi connectivity index (χ2v) is 8.56. The standard InChI is InChI=1S/C28H29ClN2O3/c1-3-20-19-23(15-16-25(20)29)34-18-8-4-7-17-31-27(21-11-13-22(33-2)14-12-21)30-26-10-6-5-9-24(26)28(31)32/h5-6,9-16,19H,3-4,7-8,17-18H2,1-2H3. The van der Waals surface area contributed by atoms with Crippen molar-refractivity contribution in [3.8, 4) is 22.9 Å². The monoisotopic (exact) mass is 476 g/mol. The van der Waals surface area contributed by atoms with Gasteiger partial charge in [-0.15, -0.1) is 0 Å². The Hall–Kier alpha value is -3.31. The van der Waals surface area contributed by atoms with Crippen LogP contribution >= 0.6 is 11.6 Å². The van der Waals surface area contributed by atoms with Gasteiger partial charge >= 0.3 is 0 Å². The minimum atomic E-state index is -0.0130. The van der Waals surface area contributed by atoms with Gasteiger partial charge in [0, 0.05) is 17.1 Å². The molecule has 34 heavy (non-hydrogen) atoms. The van der Waals surface area contributed by atoms with Gasteiger partial charge in [0.1, 0.15) is 17.3 Å². The highest BCUT2D eigenvalue weighted by Crippen LogP contribution is 2.24. The third-order valence-corrected chi connectivity index (χ3v) is 6.27. The van der Waals surface area contributed by atoms with Crippen molar-refractivity contribution in [3.63, 3.8) is 0 Å². The summed E-state index contributed by atoms with van der Waals surface area (Å²) in [6.45, 7) is 3.30. The van der Waals surface area contributed by atoms with Crippen molar-refractivity contribution in [2.75, 3.05) is 13.7 Å². The maximum atomic E-state index is 13.3. The van der Waals surface area contributed by atoms with E-state index in [1.165, 1.54) is 0 Å². The molecule has 5 nitrogen and oxygen atoms in total. The highest BCUT2D eigenvalue weighted by atomic mass is 35.5. The van der Waals surface area contributed by atoms with E-state index >= 15 is 0 Å². The van der Waals surface area contributed by atoms with E-state index in [1.54, 1.807) is 11.7 Å². The number of methoxy groups -OCH3 is 1. The summed E-state index contributed by atoms with van der Waals surface area (Å²) in [4.78, 5) is 18.1. The van der Waals surface area contributed by atoms with Gasteiger partial charge in [-0.05, 0) is 85.8 Å². The Kier molecular flexibility index (Phi) is 7.86. The van der Waals surface area contributed by atoms with E-state index in [2.05, 4.69) is 6.92 Å². The van der Waals surface area contributed by atoms with Crippen LogP contribution in [0, 0.1) is 0 Å². The van der Waals surface area contributed by atoms with Crippen LogP contribution in [0.4, 0.5) is 0 Å². The molecule has 0 saturated heterocycles. The zero-order valence-corrected chi connectivity index (χ0v) is 20.3. The van der Waals surface area contributed by atoms with E-state index in [4.69, 9.17) is 26.1 Å². The molecule has 0 bridgehead atoms. The molecule has 0 N–H and O–H groups in total. The predicted molar refractivity (Wildman–Crippen MR) is 138 cm³/mol. The van der Waals surface area contributed by atoms with Crippen LogP contribution in [0.1, 0.15) is 31.7 Å². The largest absolute Gasteiger partial charge is 0.497 e. The molecular weight excluding hydrogens is 448 g/mol. The average Bonchev–Trinajstić information content (AvgIpc) is 2.88. The van der Waals surface area contributed by atoms with Gasteiger partial charge in [-0.1, -0.05) is 30.7 Å². The number of aryl methyl sites for hydroxylation is 1. The number of ether oxygens (including phenoxy) is 2. The van der Waals surface area contributed by atoms with Crippen molar-refractivity contribution >= 4 is 22.5 Å². The van der Waals surface area contributed by atoms with Crippen molar-refractivity contribution in [1.82, 2.24) is 9.55 Å². The molecule has 0 aliphatic heterocycles. The molecule has 0 atom stereocenters. The first-order chi connectivity index (χ1) is 16.6. The molecule has 4 rings (SSSR count). The number of nitrogens with zero attached hydrogens (tertiary/aromatic N) is 2.